The first-order valence-corrected chi connectivity index (χ1v) is 11.5. The zero-order valence-corrected chi connectivity index (χ0v) is 20.3. The van der Waals surface area contributed by atoms with Crippen molar-refractivity contribution in [2.45, 2.75) is 99.2 Å². The van der Waals surface area contributed by atoms with Gasteiger partial charge >= 0.3 is 11.9 Å². The molecule has 2 aliphatic rings. The molecule has 0 N–H and O–H groups in total. The summed E-state index contributed by atoms with van der Waals surface area (Å²) in [5.74, 6) is 0.477. The summed E-state index contributed by atoms with van der Waals surface area (Å²) in [6.07, 6.45) is 5.96. The highest BCUT2D eigenvalue weighted by atomic mass is 16.5. The molecule has 2 rings (SSSR count). The lowest BCUT2D eigenvalue weighted by Crippen LogP contribution is -2.55. The van der Waals surface area contributed by atoms with E-state index < -0.39 is 0 Å². The van der Waals surface area contributed by atoms with Gasteiger partial charge in [0.2, 0.25) is 0 Å². The molecule has 0 aliphatic heterocycles. The smallest absolute Gasteiger partial charge is 0.302 e. The number of ether oxygens (including phenoxy) is 3. The van der Waals surface area contributed by atoms with Crippen LogP contribution in [-0.2, 0) is 23.8 Å². The molecular weight excluding hydrogens is 380 g/mol. The van der Waals surface area contributed by atoms with E-state index in [2.05, 4.69) is 34.6 Å². The summed E-state index contributed by atoms with van der Waals surface area (Å²) < 4.78 is 16.8. The number of carbonyl (C=O) groups is 2. The predicted octanol–water partition coefficient (Wildman–Crippen LogP) is 5.47. The molecule has 0 radical (unpaired) electrons. The molecular formula is C25H42O5. The van der Waals surface area contributed by atoms with Crippen molar-refractivity contribution in [1.82, 2.24) is 0 Å². The number of fused-ring (bicyclic) bond motifs is 1. The van der Waals surface area contributed by atoms with E-state index in [0.29, 0.717) is 18.4 Å². The van der Waals surface area contributed by atoms with E-state index in [9.17, 15) is 9.59 Å². The third-order valence-electron chi connectivity index (χ3n) is 7.92. The van der Waals surface area contributed by atoms with Crippen LogP contribution >= 0.6 is 0 Å². The number of carbonyl (C=O) groups excluding carboxylic acids is 2. The van der Waals surface area contributed by atoms with E-state index in [1.165, 1.54) is 25.0 Å². The summed E-state index contributed by atoms with van der Waals surface area (Å²) in [5, 5.41) is 0. The molecule has 0 spiro atoms. The molecule has 0 saturated heterocycles. The van der Waals surface area contributed by atoms with Gasteiger partial charge in [0.05, 0.1) is 12.7 Å². The highest BCUT2D eigenvalue weighted by molar-refractivity contribution is 5.66. The summed E-state index contributed by atoms with van der Waals surface area (Å²) in [7, 11) is 1.80. The Kier molecular flexibility index (Phi) is 8.17. The fraction of sp³-hybridized carbons (Fsp3) is 0.840. The van der Waals surface area contributed by atoms with Crippen LogP contribution in [-0.4, -0.2) is 37.9 Å². The molecule has 0 aromatic heterocycles. The third kappa shape index (κ3) is 5.27. The summed E-state index contributed by atoms with van der Waals surface area (Å²) in [4.78, 5) is 22.7. The van der Waals surface area contributed by atoms with Crippen molar-refractivity contribution in [2.75, 3.05) is 13.7 Å². The lowest BCUT2D eigenvalue weighted by Gasteiger charge is -2.58. The second kappa shape index (κ2) is 9.84. The first-order valence-electron chi connectivity index (χ1n) is 11.5. The fourth-order valence-electron chi connectivity index (χ4n) is 6.09. The molecule has 1 saturated carbocycles. The summed E-state index contributed by atoms with van der Waals surface area (Å²) in [5.41, 5.74) is 2.89. The van der Waals surface area contributed by atoms with E-state index >= 15 is 0 Å². The number of rotatable bonds is 8. The van der Waals surface area contributed by atoms with Crippen molar-refractivity contribution >= 4 is 11.9 Å². The molecule has 0 aromatic rings. The zero-order valence-electron chi connectivity index (χ0n) is 20.3. The van der Waals surface area contributed by atoms with Gasteiger partial charge in [0.1, 0.15) is 6.10 Å². The van der Waals surface area contributed by atoms with Gasteiger partial charge in [-0.25, -0.2) is 0 Å². The second-order valence-corrected chi connectivity index (χ2v) is 10.3. The normalized spacial score (nSPS) is 31.7. The van der Waals surface area contributed by atoms with E-state index in [1.807, 2.05) is 0 Å². The first kappa shape index (κ1) is 24.9. The summed E-state index contributed by atoms with van der Waals surface area (Å²) >= 11 is 0. The molecule has 0 aromatic carbocycles. The van der Waals surface area contributed by atoms with E-state index in [4.69, 9.17) is 14.2 Å². The van der Waals surface area contributed by atoms with Gasteiger partial charge in [-0.15, -0.1) is 0 Å². The lowest BCUT2D eigenvalue weighted by atomic mass is 9.48. The minimum absolute atomic E-state index is 0.0482. The van der Waals surface area contributed by atoms with Gasteiger partial charge in [-0.05, 0) is 68.3 Å². The van der Waals surface area contributed by atoms with Crippen molar-refractivity contribution in [3.8, 4) is 0 Å². The minimum Gasteiger partial charge on any atom is -0.466 e. The van der Waals surface area contributed by atoms with Crippen molar-refractivity contribution in [3.05, 3.63) is 11.1 Å². The fourth-order valence-corrected chi connectivity index (χ4v) is 6.09. The maximum Gasteiger partial charge on any atom is 0.302 e. The van der Waals surface area contributed by atoms with Gasteiger partial charge in [-0.1, -0.05) is 33.3 Å². The van der Waals surface area contributed by atoms with Crippen LogP contribution in [0.15, 0.2) is 11.1 Å². The number of hydrogen-bond acceptors (Lipinski definition) is 5. The van der Waals surface area contributed by atoms with Gasteiger partial charge < -0.3 is 14.2 Å². The molecule has 0 unspecified atom stereocenters. The Morgan fingerprint density at radius 2 is 1.80 bits per heavy atom. The number of esters is 2. The van der Waals surface area contributed by atoms with Crippen LogP contribution in [0.5, 0.6) is 0 Å². The minimum atomic E-state index is -0.210. The van der Waals surface area contributed by atoms with Crippen LogP contribution in [0.25, 0.3) is 0 Å². The lowest BCUT2D eigenvalue weighted by molar-refractivity contribution is -0.168. The standard InChI is InChI=1S/C25H42O5/c1-16(12-14-29-18(3)26)9-10-20-17(2)21(28-8)15-22-24(5,6)23(30-19(4)27)11-13-25(20,22)7/h16,21-23H,9-15H2,1-8H3/t16-,21+,22-,23-,25+/m0/s1. The highest BCUT2D eigenvalue weighted by Gasteiger charge is 2.56. The molecule has 172 valence electrons. The number of hydrogen-bond donors (Lipinski definition) is 0. The van der Waals surface area contributed by atoms with Gasteiger partial charge in [-0.3, -0.25) is 9.59 Å². The molecule has 30 heavy (non-hydrogen) atoms. The van der Waals surface area contributed by atoms with Crippen LogP contribution in [0.1, 0.15) is 87.0 Å². The molecule has 1 fully saturated rings. The summed E-state index contributed by atoms with van der Waals surface area (Å²) in [6.45, 7) is 14.9. The average molecular weight is 423 g/mol. The van der Waals surface area contributed by atoms with Crippen LogP contribution in [0.3, 0.4) is 0 Å². The molecule has 0 amide bonds. The van der Waals surface area contributed by atoms with E-state index in [1.54, 1.807) is 7.11 Å². The van der Waals surface area contributed by atoms with Crippen molar-refractivity contribution < 1.29 is 23.8 Å². The molecule has 5 atom stereocenters. The maximum absolute atomic E-state index is 11.7. The zero-order chi connectivity index (χ0) is 22.7. The average Bonchev–Trinajstić information content (AvgIpc) is 2.63. The largest absolute Gasteiger partial charge is 0.466 e. The van der Waals surface area contributed by atoms with Gasteiger partial charge in [-0.2, -0.15) is 0 Å². The van der Waals surface area contributed by atoms with Gasteiger partial charge in [0.25, 0.3) is 0 Å². The Morgan fingerprint density at radius 3 is 2.37 bits per heavy atom. The van der Waals surface area contributed by atoms with Crippen LogP contribution in [0, 0.1) is 22.7 Å². The first-order chi connectivity index (χ1) is 13.9. The molecule has 0 bridgehead atoms. The Labute approximate surface area is 182 Å². The molecule has 0 heterocycles. The van der Waals surface area contributed by atoms with Gasteiger partial charge in [0.15, 0.2) is 0 Å². The second-order valence-electron chi connectivity index (χ2n) is 10.3. The van der Waals surface area contributed by atoms with Gasteiger partial charge in [0, 0.05) is 26.4 Å². The van der Waals surface area contributed by atoms with Crippen molar-refractivity contribution in [3.63, 3.8) is 0 Å². The van der Waals surface area contributed by atoms with Crippen LogP contribution in [0.4, 0.5) is 0 Å². The molecule has 2 aliphatic carbocycles. The Hall–Kier alpha value is -1.36. The highest BCUT2D eigenvalue weighted by Crippen LogP contribution is 2.61. The number of methoxy groups -OCH3 is 1. The predicted molar refractivity (Wildman–Crippen MR) is 118 cm³/mol. The van der Waals surface area contributed by atoms with E-state index in [-0.39, 0.29) is 35.0 Å². The van der Waals surface area contributed by atoms with Crippen molar-refractivity contribution in [2.24, 2.45) is 22.7 Å². The van der Waals surface area contributed by atoms with Crippen LogP contribution in [0.2, 0.25) is 0 Å². The van der Waals surface area contributed by atoms with Crippen LogP contribution < -0.4 is 0 Å². The topological polar surface area (TPSA) is 61.8 Å². The summed E-state index contributed by atoms with van der Waals surface area (Å²) in [6, 6.07) is 0. The Balaban J connectivity index is 2.22. The number of allylic oxidation sites excluding steroid dienone is 1. The Morgan fingerprint density at radius 1 is 1.13 bits per heavy atom. The SMILES string of the molecule is CO[C@@H]1C[C@H]2C(C)(C)[C@@H](OC(C)=O)CC[C@]2(C)C(CC[C@H](C)CCOC(C)=O)=C1C. The van der Waals surface area contributed by atoms with Crippen molar-refractivity contribution in [1.29, 1.82) is 0 Å². The molecule has 5 nitrogen and oxygen atoms in total. The Bertz CT molecular complexity index is 664. The molecule has 5 heteroatoms. The van der Waals surface area contributed by atoms with E-state index in [0.717, 1.165) is 38.5 Å². The monoisotopic (exact) mass is 422 g/mol. The third-order valence-corrected chi connectivity index (χ3v) is 7.92. The maximum atomic E-state index is 11.7. The quantitative estimate of drug-likeness (QED) is 0.384.